The number of aromatic nitrogens is 1. The summed E-state index contributed by atoms with van der Waals surface area (Å²) < 4.78 is 0.926. The first-order valence-corrected chi connectivity index (χ1v) is 6.64. The third-order valence-electron chi connectivity index (χ3n) is 2.93. The molecule has 1 unspecified atom stereocenters. The molecule has 0 amide bonds. The minimum Gasteiger partial charge on any atom is -0.299 e. The molecule has 18 heavy (non-hydrogen) atoms. The Morgan fingerprint density at radius 3 is 2.56 bits per heavy atom. The van der Waals surface area contributed by atoms with Crippen molar-refractivity contribution in [3.63, 3.8) is 0 Å². The maximum atomic E-state index is 12.1. The zero-order valence-corrected chi connectivity index (χ0v) is 11.7. The number of carbonyl (C=O) groups is 1. The molecule has 0 aliphatic rings. The van der Waals surface area contributed by atoms with Crippen LogP contribution < -0.4 is 0 Å². The lowest BCUT2D eigenvalue weighted by atomic mass is 9.94. The molecule has 0 fully saturated rings. The lowest BCUT2D eigenvalue weighted by Crippen LogP contribution is -2.12. The van der Waals surface area contributed by atoms with Crippen LogP contribution in [-0.2, 0) is 11.2 Å². The molecular formula is C15H14BrNO. The van der Waals surface area contributed by atoms with Crippen molar-refractivity contribution in [1.82, 2.24) is 4.98 Å². The van der Waals surface area contributed by atoms with Crippen LogP contribution in [0.15, 0.2) is 53.1 Å². The summed E-state index contributed by atoms with van der Waals surface area (Å²) >= 11 is 3.33. The normalized spacial score (nSPS) is 12.1. The van der Waals surface area contributed by atoms with Crippen LogP contribution in [0, 0.1) is 0 Å². The van der Waals surface area contributed by atoms with E-state index in [-0.39, 0.29) is 11.7 Å². The number of hydrogen-bond donors (Lipinski definition) is 0. The Labute approximate surface area is 115 Å². The minimum atomic E-state index is -0.0864. The highest BCUT2D eigenvalue weighted by atomic mass is 79.9. The first kappa shape index (κ1) is 13.0. The number of rotatable bonds is 4. The SMILES string of the molecule is CC(C(=O)Cc1ccc(Br)cn1)c1ccccc1. The lowest BCUT2D eigenvalue weighted by molar-refractivity contribution is -0.119. The fourth-order valence-corrected chi connectivity index (χ4v) is 2.00. The van der Waals surface area contributed by atoms with Crippen LogP contribution in [0.25, 0.3) is 0 Å². The summed E-state index contributed by atoms with van der Waals surface area (Å²) in [6.45, 7) is 1.94. The van der Waals surface area contributed by atoms with Gasteiger partial charge in [0.2, 0.25) is 0 Å². The van der Waals surface area contributed by atoms with Crippen molar-refractivity contribution in [2.75, 3.05) is 0 Å². The molecule has 0 aliphatic heterocycles. The summed E-state index contributed by atoms with van der Waals surface area (Å²) in [4.78, 5) is 16.4. The van der Waals surface area contributed by atoms with E-state index in [1.165, 1.54) is 0 Å². The number of benzene rings is 1. The number of hydrogen-bond acceptors (Lipinski definition) is 2. The number of carbonyl (C=O) groups excluding carboxylic acids is 1. The summed E-state index contributed by atoms with van der Waals surface area (Å²) in [6, 6.07) is 13.6. The number of halogens is 1. The van der Waals surface area contributed by atoms with E-state index in [0.717, 1.165) is 15.7 Å². The predicted octanol–water partition coefficient (Wildman–Crippen LogP) is 3.76. The second-order valence-electron chi connectivity index (χ2n) is 4.24. The van der Waals surface area contributed by atoms with E-state index >= 15 is 0 Å². The van der Waals surface area contributed by atoms with Gasteiger partial charge in [-0.15, -0.1) is 0 Å². The monoisotopic (exact) mass is 303 g/mol. The molecule has 0 radical (unpaired) electrons. The number of Topliss-reactive ketones (excluding diaryl/α,β-unsaturated/α-hetero) is 1. The largest absolute Gasteiger partial charge is 0.299 e. The Kier molecular flexibility index (Phi) is 4.26. The third kappa shape index (κ3) is 3.26. The first-order valence-electron chi connectivity index (χ1n) is 5.85. The number of pyridine rings is 1. The summed E-state index contributed by atoms with van der Waals surface area (Å²) in [6.07, 6.45) is 2.10. The number of ketones is 1. The van der Waals surface area contributed by atoms with Crippen molar-refractivity contribution in [2.45, 2.75) is 19.3 Å². The molecule has 0 saturated heterocycles. The number of nitrogens with zero attached hydrogens (tertiary/aromatic N) is 1. The van der Waals surface area contributed by atoms with Gasteiger partial charge in [0.1, 0.15) is 5.78 Å². The predicted molar refractivity (Wildman–Crippen MR) is 75.5 cm³/mol. The van der Waals surface area contributed by atoms with Gasteiger partial charge in [-0.3, -0.25) is 9.78 Å². The molecule has 0 spiro atoms. The standard InChI is InChI=1S/C15H14BrNO/c1-11(12-5-3-2-4-6-12)15(18)9-14-8-7-13(16)10-17-14/h2-8,10-11H,9H2,1H3. The van der Waals surface area contributed by atoms with Crippen LogP contribution in [0.1, 0.15) is 24.1 Å². The van der Waals surface area contributed by atoms with Gasteiger partial charge >= 0.3 is 0 Å². The second-order valence-corrected chi connectivity index (χ2v) is 5.16. The Bertz CT molecular complexity index is 522. The van der Waals surface area contributed by atoms with Gasteiger partial charge in [0.05, 0.1) is 0 Å². The van der Waals surface area contributed by atoms with Crippen molar-refractivity contribution in [2.24, 2.45) is 0 Å². The van der Waals surface area contributed by atoms with Crippen molar-refractivity contribution in [3.05, 3.63) is 64.4 Å². The van der Waals surface area contributed by atoms with Crippen LogP contribution in [0.3, 0.4) is 0 Å². The van der Waals surface area contributed by atoms with Crippen LogP contribution in [0.2, 0.25) is 0 Å². The van der Waals surface area contributed by atoms with E-state index in [0.29, 0.717) is 6.42 Å². The summed E-state index contributed by atoms with van der Waals surface area (Å²) in [5.74, 6) is 0.104. The summed E-state index contributed by atoms with van der Waals surface area (Å²) in [5.41, 5.74) is 1.87. The van der Waals surface area contributed by atoms with E-state index < -0.39 is 0 Å². The van der Waals surface area contributed by atoms with Crippen molar-refractivity contribution < 1.29 is 4.79 Å². The Morgan fingerprint density at radius 1 is 1.22 bits per heavy atom. The van der Waals surface area contributed by atoms with Crippen molar-refractivity contribution in [1.29, 1.82) is 0 Å². The molecule has 0 saturated carbocycles. The topological polar surface area (TPSA) is 30.0 Å². The molecule has 1 atom stereocenters. The molecular weight excluding hydrogens is 290 g/mol. The van der Waals surface area contributed by atoms with Gasteiger partial charge in [0, 0.05) is 28.7 Å². The van der Waals surface area contributed by atoms with Gasteiger partial charge in [-0.05, 0) is 33.6 Å². The smallest absolute Gasteiger partial charge is 0.145 e. The average molecular weight is 304 g/mol. The summed E-state index contributed by atoms with van der Waals surface area (Å²) in [7, 11) is 0. The fraction of sp³-hybridized carbons (Fsp3) is 0.200. The maximum absolute atomic E-state index is 12.1. The molecule has 3 heteroatoms. The highest BCUT2D eigenvalue weighted by Crippen LogP contribution is 2.18. The zero-order chi connectivity index (χ0) is 13.0. The molecule has 0 aliphatic carbocycles. The van der Waals surface area contributed by atoms with E-state index in [2.05, 4.69) is 20.9 Å². The van der Waals surface area contributed by atoms with Gasteiger partial charge in [-0.1, -0.05) is 37.3 Å². The maximum Gasteiger partial charge on any atom is 0.145 e. The summed E-state index contributed by atoms with van der Waals surface area (Å²) in [5, 5.41) is 0. The second kappa shape index (κ2) is 5.91. The highest BCUT2D eigenvalue weighted by Gasteiger charge is 2.15. The molecule has 2 rings (SSSR count). The Morgan fingerprint density at radius 2 is 1.94 bits per heavy atom. The third-order valence-corrected chi connectivity index (χ3v) is 3.40. The quantitative estimate of drug-likeness (QED) is 0.861. The minimum absolute atomic E-state index is 0.0864. The van der Waals surface area contributed by atoms with E-state index in [9.17, 15) is 4.79 Å². The van der Waals surface area contributed by atoms with Gasteiger partial charge in [0.15, 0.2) is 0 Å². The van der Waals surface area contributed by atoms with Gasteiger partial charge in [-0.25, -0.2) is 0 Å². The molecule has 1 heterocycles. The van der Waals surface area contributed by atoms with Crippen LogP contribution in [0.5, 0.6) is 0 Å². The molecule has 92 valence electrons. The molecule has 2 nitrogen and oxygen atoms in total. The average Bonchev–Trinajstić information content (AvgIpc) is 2.41. The van der Waals surface area contributed by atoms with Gasteiger partial charge in [0.25, 0.3) is 0 Å². The van der Waals surface area contributed by atoms with Gasteiger partial charge in [-0.2, -0.15) is 0 Å². The highest BCUT2D eigenvalue weighted by molar-refractivity contribution is 9.10. The van der Waals surface area contributed by atoms with Gasteiger partial charge < -0.3 is 0 Å². The molecule has 0 bridgehead atoms. The van der Waals surface area contributed by atoms with Crippen LogP contribution in [-0.4, -0.2) is 10.8 Å². The Hall–Kier alpha value is -1.48. The lowest BCUT2D eigenvalue weighted by Gasteiger charge is -2.10. The van der Waals surface area contributed by atoms with E-state index in [4.69, 9.17) is 0 Å². The fourth-order valence-electron chi connectivity index (χ4n) is 1.77. The molecule has 0 N–H and O–H groups in total. The molecule has 2 aromatic rings. The Balaban J connectivity index is 2.06. The van der Waals surface area contributed by atoms with Crippen LogP contribution >= 0.6 is 15.9 Å². The first-order chi connectivity index (χ1) is 8.66. The van der Waals surface area contributed by atoms with Crippen LogP contribution in [0.4, 0.5) is 0 Å². The van der Waals surface area contributed by atoms with Crippen molar-refractivity contribution >= 4 is 21.7 Å². The van der Waals surface area contributed by atoms with E-state index in [1.807, 2.05) is 49.4 Å². The molecule has 1 aromatic heterocycles. The zero-order valence-electron chi connectivity index (χ0n) is 10.1. The van der Waals surface area contributed by atoms with Crippen molar-refractivity contribution in [3.8, 4) is 0 Å². The van der Waals surface area contributed by atoms with E-state index in [1.54, 1.807) is 6.20 Å². The molecule has 1 aromatic carbocycles.